The third kappa shape index (κ3) is 2.10. The van der Waals surface area contributed by atoms with Crippen LogP contribution in [0, 0.1) is 5.92 Å². The van der Waals surface area contributed by atoms with E-state index in [2.05, 4.69) is 15.5 Å². The molecule has 0 radical (unpaired) electrons. The average molecular weight is 201 g/mol. The standard InChI is InChI=1S/C7H11N3S2/c1-11-7-10-9-6(12-7)8-4-5-2-3-5/h5H,2-4H2,1H3,(H,8,9). The second-order valence-corrected chi connectivity index (χ2v) is 4.93. The van der Waals surface area contributed by atoms with Gasteiger partial charge in [-0.1, -0.05) is 23.1 Å². The lowest BCUT2D eigenvalue weighted by atomic mass is 10.4. The summed E-state index contributed by atoms with van der Waals surface area (Å²) in [5.41, 5.74) is 0. The Balaban J connectivity index is 1.84. The predicted molar refractivity (Wildman–Crippen MR) is 52.9 cm³/mol. The smallest absolute Gasteiger partial charge is 0.206 e. The van der Waals surface area contributed by atoms with Crippen LogP contribution in [-0.4, -0.2) is 23.0 Å². The first-order valence-electron chi connectivity index (χ1n) is 4.00. The Labute approximate surface area is 80.0 Å². The summed E-state index contributed by atoms with van der Waals surface area (Å²) in [6.07, 6.45) is 4.77. The van der Waals surface area contributed by atoms with E-state index < -0.39 is 0 Å². The van der Waals surface area contributed by atoms with Gasteiger partial charge in [0.25, 0.3) is 0 Å². The van der Waals surface area contributed by atoms with Gasteiger partial charge in [-0.2, -0.15) is 0 Å². The molecule has 1 aliphatic rings. The topological polar surface area (TPSA) is 37.8 Å². The van der Waals surface area contributed by atoms with Gasteiger partial charge in [-0.25, -0.2) is 0 Å². The van der Waals surface area contributed by atoms with Crippen molar-refractivity contribution in [1.82, 2.24) is 10.2 Å². The van der Waals surface area contributed by atoms with Crippen molar-refractivity contribution in [3.05, 3.63) is 0 Å². The molecule has 1 aromatic rings. The summed E-state index contributed by atoms with van der Waals surface area (Å²) in [4.78, 5) is 0. The fourth-order valence-corrected chi connectivity index (χ4v) is 2.09. The highest BCUT2D eigenvalue weighted by atomic mass is 32.2. The molecule has 0 saturated heterocycles. The van der Waals surface area contributed by atoms with Gasteiger partial charge in [0.2, 0.25) is 5.13 Å². The number of thioether (sulfide) groups is 1. The summed E-state index contributed by atoms with van der Waals surface area (Å²) in [5, 5.41) is 12.3. The van der Waals surface area contributed by atoms with Crippen LogP contribution in [0.2, 0.25) is 0 Å². The second kappa shape index (κ2) is 3.62. The molecule has 2 rings (SSSR count). The maximum absolute atomic E-state index is 4.02. The van der Waals surface area contributed by atoms with E-state index in [-0.39, 0.29) is 0 Å². The summed E-state index contributed by atoms with van der Waals surface area (Å²) >= 11 is 3.28. The molecule has 12 heavy (non-hydrogen) atoms. The third-order valence-corrected chi connectivity index (χ3v) is 3.68. The average Bonchev–Trinajstić information content (AvgIpc) is 2.81. The Morgan fingerprint density at radius 1 is 1.58 bits per heavy atom. The number of nitrogens with zero attached hydrogens (tertiary/aromatic N) is 2. The van der Waals surface area contributed by atoms with Crippen LogP contribution in [0.4, 0.5) is 5.13 Å². The summed E-state index contributed by atoms with van der Waals surface area (Å²) < 4.78 is 1.04. The lowest BCUT2D eigenvalue weighted by Gasteiger charge is -1.96. The first-order chi connectivity index (χ1) is 5.88. The highest BCUT2D eigenvalue weighted by Crippen LogP contribution is 2.30. The molecular weight excluding hydrogens is 190 g/mol. The third-order valence-electron chi connectivity index (χ3n) is 1.82. The monoisotopic (exact) mass is 201 g/mol. The summed E-state index contributed by atoms with van der Waals surface area (Å²) in [7, 11) is 0. The first kappa shape index (κ1) is 8.31. The zero-order valence-electron chi connectivity index (χ0n) is 6.91. The number of rotatable bonds is 4. The molecule has 0 spiro atoms. The SMILES string of the molecule is CSc1nnc(NCC2CC2)s1. The maximum atomic E-state index is 4.02. The maximum Gasteiger partial charge on any atom is 0.206 e. The summed E-state index contributed by atoms with van der Waals surface area (Å²) in [6.45, 7) is 1.07. The number of anilines is 1. The van der Waals surface area contributed by atoms with Crippen molar-refractivity contribution in [3.8, 4) is 0 Å². The van der Waals surface area contributed by atoms with Crippen LogP contribution < -0.4 is 5.32 Å². The molecule has 1 N–H and O–H groups in total. The molecule has 0 aliphatic heterocycles. The second-order valence-electron chi connectivity index (χ2n) is 2.90. The lowest BCUT2D eigenvalue weighted by Crippen LogP contribution is -2.02. The van der Waals surface area contributed by atoms with Gasteiger partial charge in [-0.15, -0.1) is 10.2 Å². The van der Waals surface area contributed by atoms with Gasteiger partial charge >= 0.3 is 0 Å². The van der Waals surface area contributed by atoms with E-state index in [0.717, 1.165) is 21.9 Å². The largest absolute Gasteiger partial charge is 0.360 e. The van der Waals surface area contributed by atoms with Crippen molar-refractivity contribution in [2.45, 2.75) is 17.2 Å². The minimum Gasteiger partial charge on any atom is -0.360 e. The zero-order chi connectivity index (χ0) is 8.39. The van der Waals surface area contributed by atoms with Crippen LogP contribution in [0.5, 0.6) is 0 Å². The molecule has 0 atom stereocenters. The minimum absolute atomic E-state index is 0.895. The van der Waals surface area contributed by atoms with Crippen LogP contribution in [0.3, 0.4) is 0 Å². The van der Waals surface area contributed by atoms with E-state index in [4.69, 9.17) is 0 Å². The van der Waals surface area contributed by atoms with E-state index in [1.54, 1.807) is 23.1 Å². The van der Waals surface area contributed by atoms with Gasteiger partial charge in [-0.05, 0) is 25.0 Å². The Bertz CT molecular complexity index is 257. The fourth-order valence-electron chi connectivity index (χ4n) is 0.917. The van der Waals surface area contributed by atoms with E-state index in [1.807, 2.05) is 6.26 Å². The minimum atomic E-state index is 0.895. The van der Waals surface area contributed by atoms with Gasteiger partial charge in [0.15, 0.2) is 4.34 Å². The molecule has 0 unspecified atom stereocenters. The number of nitrogens with one attached hydrogen (secondary N) is 1. The highest BCUT2D eigenvalue weighted by Gasteiger charge is 2.21. The normalized spacial score (nSPS) is 16.4. The van der Waals surface area contributed by atoms with Gasteiger partial charge < -0.3 is 5.32 Å². The lowest BCUT2D eigenvalue weighted by molar-refractivity contribution is 0.879. The molecule has 1 aromatic heterocycles. The molecule has 1 aliphatic carbocycles. The van der Waals surface area contributed by atoms with E-state index in [9.17, 15) is 0 Å². The Morgan fingerprint density at radius 3 is 3.00 bits per heavy atom. The van der Waals surface area contributed by atoms with Crippen molar-refractivity contribution in [1.29, 1.82) is 0 Å². The molecule has 1 heterocycles. The molecule has 0 aromatic carbocycles. The van der Waals surface area contributed by atoms with Crippen LogP contribution in [0.25, 0.3) is 0 Å². The van der Waals surface area contributed by atoms with E-state index in [1.165, 1.54) is 12.8 Å². The quantitative estimate of drug-likeness (QED) is 0.757. The van der Waals surface area contributed by atoms with Crippen molar-refractivity contribution in [2.75, 3.05) is 18.1 Å². The van der Waals surface area contributed by atoms with E-state index in [0.29, 0.717) is 0 Å². The Kier molecular flexibility index (Phi) is 2.51. The molecule has 1 fully saturated rings. The van der Waals surface area contributed by atoms with Crippen LogP contribution in [0.1, 0.15) is 12.8 Å². The molecular formula is C7H11N3S2. The first-order valence-corrected chi connectivity index (χ1v) is 6.04. The van der Waals surface area contributed by atoms with Gasteiger partial charge in [0, 0.05) is 6.54 Å². The van der Waals surface area contributed by atoms with Crippen LogP contribution in [-0.2, 0) is 0 Å². The molecule has 5 heteroatoms. The molecule has 3 nitrogen and oxygen atoms in total. The van der Waals surface area contributed by atoms with Crippen LogP contribution in [0.15, 0.2) is 4.34 Å². The van der Waals surface area contributed by atoms with Crippen molar-refractivity contribution < 1.29 is 0 Å². The Hall–Kier alpha value is -0.290. The predicted octanol–water partition coefficient (Wildman–Crippen LogP) is 2.08. The molecule has 0 amide bonds. The van der Waals surface area contributed by atoms with Gasteiger partial charge in [-0.3, -0.25) is 0 Å². The van der Waals surface area contributed by atoms with Gasteiger partial charge in [0.05, 0.1) is 0 Å². The molecule has 0 bridgehead atoms. The summed E-state index contributed by atoms with van der Waals surface area (Å²) in [5.74, 6) is 0.895. The number of aromatic nitrogens is 2. The number of hydrogen-bond acceptors (Lipinski definition) is 5. The summed E-state index contributed by atoms with van der Waals surface area (Å²) in [6, 6.07) is 0. The van der Waals surface area contributed by atoms with Crippen molar-refractivity contribution >= 4 is 28.2 Å². The fraction of sp³-hybridized carbons (Fsp3) is 0.714. The zero-order valence-corrected chi connectivity index (χ0v) is 8.54. The van der Waals surface area contributed by atoms with E-state index >= 15 is 0 Å². The van der Waals surface area contributed by atoms with Gasteiger partial charge in [0.1, 0.15) is 0 Å². The van der Waals surface area contributed by atoms with Crippen molar-refractivity contribution in [2.24, 2.45) is 5.92 Å². The highest BCUT2D eigenvalue weighted by molar-refractivity contribution is 8.00. The van der Waals surface area contributed by atoms with Crippen molar-refractivity contribution in [3.63, 3.8) is 0 Å². The molecule has 1 saturated carbocycles. The molecule has 66 valence electrons. The Morgan fingerprint density at radius 2 is 2.42 bits per heavy atom. The van der Waals surface area contributed by atoms with Crippen LogP contribution >= 0.6 is 23.1 Å². The number of hydrogen-bond donors (Lipinski definition) is 1.